The number of fused-ring (bicyclic) bond motifs is 1. The van der Waals surface area contributed by atoms with Crippen molar-refractivity contribution in [2.45, 2.75) is 32.8 Å². The average molecular weight is 312 g/mol. The van der Waals surface area contributed by atoms with Crippen molar-refractivity contribution in [2.75, 3.05) is 18.0 Å². The minimum Gasteiger partial charge on any atom is -0.440 e. The standard InChI is InChI=1S/C18H20N2O3/c1-11-7-14(12(2)21)18-15(8-11)16(22)9-17(23-18)20-5-3-13(10-19)4-6-20/h7-9,12-13,21H,3-6H2,1-2H3. The van der Waals surface area contributed by atoms with Crippen molar-refractivity contribution in [1.82, 2.24) is 0 Å². The van der Waals surface area contributed by atoms with E-state index < -0.39 is 6.10 Å². The van der Waals surface area contributed by atoms with E-state index in [0.29, 0.717) is 35.5 Å². The highest BCUT2D eigenvalue weighted by atomic mass is 16.4. The lowest BCUT2D eigenvalue weighted by molar-refractivity contribution is 0.199. The molecular weight excluding hydrogens is 292 g/mol. The van der Waals surface area contributed by atoms with Crippen molar-refractivity contribution >= 4 is 16.9 Å². The number of piperidine rings is 1. The van der Waals surface area contributed by atoms with Crippen molar-refractivity contribution in [1.29, 1.82) is 5.26 Å². The van der Waals surface area contributed by atoms with Crippen LogP contribution in [0.3, 0.4) is 0 Å². The van der Waals surface area contributed by atoms with Gasteiger partial charge in [-0.3, -0.25) is 4.79 Å². The van der Waals surface area contributed by atoms with Crippen LogP contribution in [-0.2, 0) is 0 Å². The fraction of sp³-hybridized carbons (Fsp3) is 0.444. The van der Waals surface area contributed by atoms with Crippen LogP contribution in [0, 0.1) is 24.2 Å². The topological polar surface area (TPSA) is 77.5 Å². The van der Waals surface area contributed by atoms with Crippen LogP contribution in [0.25, 0.3) is 11.0 Å². The van der Waals surface area contributed by atoms with Crippen LogP contribution in [0.1, 0.15) is 37.0 Å². The van der Waals surface area contributed by atoms with Crippen molar-refractivity contribution in [3.8, 4) is 6.07 Å². The third kappa shape index (κ3) is 2.95. The zero-order valence-electron chi connectivity index (χ0n) is 13.4. The summed E-state index contributed by atoms with van der Waals surface area (Å²) in [5.74, 6) is 0.596. The third-order valence-corrected chi connectivity index (χ3v) is 4.43. The monoisotopic (exact) mass is 312 g/mol. The zero-order valence-corrected chi connectivity index (χ0v) is 13.4. The summed E-state index contributed by atoms with van der Waals surface area (Å²) in [6.45, 7) is 4.95. The van der Waals surface area contributed by atoms with Crippen molar-refractivity contribution in [3.05, 3.63) is 39.5 Å². The molecule has 120 valence electrons. The molecule has 0 saturated carbocycles. The maximum Gasteiger partial charge on any atom is 0.200 e. The Bertz CT molecular complexity index is 825. The lowest BCUT2D eigenvalue weighted by Gasteiger charge is -2.29. The summed E-state index contributed by atoms with van der Waals surface area (Å²) < 4.78 is 5.98. The molecule has 1 aliphatic rings. The quantitative estimate of drug-likeness (QED) is 0.922. The summed E-state index contributed by atoms with van der Waals surface area (Å²) >= 11 is 0. The van der Waals surface area contributed by atoms with Crippen LogP contribution < -0.4 is 10.3 Å². The van der Waals surface area contributed by atoms with E-state index in [4.69, 9.17) is 9.68 Å². The van der Waals surface area contributed by atoms with Gasteiger partial charge in [0.1, 0.15) is 5.58 Å². The maximum atomic E-state index is 12.5. The smallest absolute Gasteiger partial charge is 0.200 e. The second kappa shape index (κ2) is 6.05. The van der Waals surface area contributed by atoms with Gasteiger partial charge in [0.2, 0.25) is 0 Å². The molecule has 23 heavy (non-hydrogen) atoms. The number of nitrogens with zero attached hydrogens (tertiary/aromatic N) is 2. The molecule has 5 heteroatoms. The van der Waals surface area contributed by atoms with E-state index in [-0.39, 0.29) is 11.3 Å². The van der Waals surface area contributed by atoms with Gasteiger partial charge in [-0.05, 0) is 44.4 Å². The molecule has 1 fully saturated rings. The molecule has 1 aromatic carbocycles. The zero-order chi connectivity index (χ0) is 16.6. The van der Waals surface area contributed by atoms with E-state index in [1.807, 2.05) is 17.9 Å². The Balaban J connectivity index is 2.07. The first-order valence-corrected chi connectivity index (χ1v) is 7.90. The Morgan fingerprint density at radius 2 is 2.04 bits per heavy atom. The van der Waals surface area contributed by atoms with Gasteiger partial charge in [-0.25, -0.2) is 0 Å². The number of aryl methyl sites for hydroxylation is 1. The molecule has 1 unspecified atom stereocenters. The van der Waals surface area contributed by atoms with Crippen LogP contribution in [0.4, 0.5) is 5.88 Å². The molecular formula is C18H20N2O3. The van der Waals surface area contributed by atoms with Gasteiger partial charge in [-0.2, -0.15) is 5.26 Å². The Kier molecular flexibility index (Phi) is 4.10. The number of aliphatic hydroxyl groups excluding tert-OH is 1. The molecule has 0 bridgehead atoms. The van der Waals surface area contributed by atoms with Crippen LogP contribution in [0.2, 0.25) is 0 Å². The number of rotatable bonds is 2. The summed E-state index contributed by atoms with van der Waals surface area (Å²) in [4.78, 5) is 14.5. The summed E-state index contributed by atoms with van der Waals surface area (Å²) in [6, 6.07) is 7.45. The van der Waals surface area contributed by atoms with Crippen molar-refractivity contribution in [2.24, 2.45) is 5.92 Å². The molecule has 5 nitrogen and oxygen atoms in total. The predicted molar refractivity (Wildman–Crippen MR) is 88.4 cm³/mol. The van der Waals surface area contributed by atoms with Gasteiger partial charge in [0.15, 0.2) is 11.3 Å². The van der Waals surface area contributed by atoms with Crippen molar-refractivity contribution in [3.63, 3.8) is 0 Å². The van der Waals surface area contributed by atoms with Crippen LogP contribution >= 0.6 is 0 Å². The highest BCUT2D eigenvalue weighted by Crippen LogP contribution is 2.29. The van der Waals surface area contributed by atoms with Gasteiger partial charge < -0.3 is 14.4 Å². The second-order valence-electron chi connectivity index (χ2n) is 6.25. The fourth-order valence-corrected chi connectivity index (χ4v) is 3.12. The van der Waals surface area contributed by atoms with Gasteiger partial charge in [0.05, 0.1) is 17.6 Å². The summed E-state index contributed by atoms with van der Waals surface area (Å²) in [6.07, 6.45) is 0.838. The van der Waals surface area contributed by atoms with E-state index in [2.05, 4.69) is 6.07 Å². The van der Waals surface area contributed by atoms with Crippen LogP contribution in [0.15, 0.2) is 27.4 Å². The molecule has 0 amide bonds. The Morgan fingerprint density at radius 1 is 1.35 bits per heavy atom. The van der Waals surface area contributed by atoms with Gasteiger partial charge in [-0.1, -0.05) is 0 Å². The Labute approximate surface area is 134 Å². The molecule has 1 N–H and O–H groups in total. The van der Waals surface area contributed by atoms with E-state index in [1.165, 1.54) is 6.07 Å². The normalized spacial score (nSPS) is 17.2. The SMILES string of the molecule is Cc1cc(C(C)O)c2oc(N3CCC(C#N)CC3)cc(=O)c2c1. The molecule has 1 aromatic heterocycles. The second-order valence-corrected chi connectivity index (χ2v) is 6.25. The predicted octanol–water partition coefficient (Wildman–Crippen LogP) is 2.89. The lowest BCUT2D eigenvalue weighted by Crippen LogP contribution is -2.33. The lowest BCUT2D eigenvalue weighted by atomic mass is 9.98. The first kappa shape index (κ1) is 15.6. The number of nitriles is 1. The minimum atomic E-state index is -0.708. The first-order valence-electron chi connectivity index (χ1n) is 7.90. The highest BCUT2D eigenvalue weighted by Gasteiger charge is 2.22. The van der Waals surface area contributed by atoms with E-state index >= 15 is 0 Å². The molecule has 0 aliphatic carbocycles. The van der Waals surface area contributed by atoms with Crippen molar-refractivity contribution < 1.29 is 9.52 Å². The molecule has 2 heterocycles. The Morgan fingerprint density at radius 3 is 2.65 bits per heavy atom. The number of hydrogen-bond acceptors (Lipinski definition) is 5. The van der Waals surface area contributed by atoms with Gasteiger partial charge in [-0.15, -0.1) is 0 Å². The summed E-state index contributed by atoms with van der Waals surface area (Å²) in [5.41, 5.74) is 1.90. The Hall–Kier alpha value is -2.32. The van der Waals surface area contributed by atoms with Gasteiger partial charge >= 0.3 is 0 Å². The highest BCUT2D eigenvalue weighted by molar-refractivity contribution is 5.82. The van der Waals surface area contributed by atoms with E-state index in [1.54, 1.807) is 13.0 Å². The minimum absolute atomic E-state index is 0.0779. The average Bonchev–Trinajstić information content (AvgIpc) is 2.54. The first-order chi connectivity index (χ1) is 11.0. The number of benzene rings is 1. The van der Waals surface area contributed by atoms with Crippen LogP contribution in [0.5, 0.6) is 0 Å². The molecule has 1 saturated heterocycles. The largest absolute Gasteiger partial charge is 0.440 e. The third-order valence-electron chi connectivity index (χ3n) is 4.43. The molecule has 1 atom stereocenters. The number of hydrogen-bond donors (Lipinski definition) is 1. The van der Waals surface area contributed by atoms with E-state index in [0.717, 1.165) is 18.4 Å². The maximum absolute atomic E-state index is 12.5. The number of anilines is 1. The summed E-state index contributed by atoms with van der Waals surface area (Å²) in [7, 11) is 0. The molecule has 1 aliphatic heterocycles. The fourth-order valence-electron chi connectivity index (χ4n) is 3.12. The molecule has 0 radical (unpaired) electrons. The van der Waals surface area contributed by atoms with Crippen LogP contribution in [-0.4, -0.2) is 18.2 Å². The van der Waals surface area contributed by atoms with E-state index in [9.17, 15) is 9.90 Å². The molecule has 2 aromatic rings. The summed E-state index contributed by atoms with van der Waals surface area (Å²) in [5, 5.41) is 19.5. The molecule has 0 spiro atoms. The molecule has 3 rings (SSSR count). The number of aliphatic hydroxyl groups is 1. The van der Waals surface area contributed by atoms with Gasteiger partial charge in [0, 0.05) is 30.6 Å². The van der Waals surface area contributed by atoms with Gasteiger partial charge in [0.25, 0.3) is 0 Å².